The molecule has 0 unspecified atom stereocenters. The minimum atomic E-state index is -0.345. The SMILES string of the molecule is Cc1cc(-c2cn(-c3ccc(F)cc3)c(CC(=O)N3CCc4nc(N)sc4CC3)n2)ccc1F. The highest BCUT2D eigenvalue weighted by Crippen LogP contribution is 2.26. The molecule has 0 aliphatic carbocycles. The zero-order valence-electron chi connectivity index (χ0n) is 18.6. The first-order valence-electron chi connectivity index (χ1n) is 11.0. The Kier molecular flexibility index (Phi) is 5.87. The number of nitrogen functional groups attached to an aromatic ring is 1. The molecule has 9 heteroatoms. The summed E-state index contributed by atoms with van der Waals surface area (Å²) < 4.78 is 29.1. The van der Waals surface area contributed by atoms with E-state index in [2.05, 4.69) is 4.98 Å². The van der Waals surface area contributed by atoms with Crippen LogP contribution < -0.4 is 5.73 Å². The number of hydrogen-bond donors (Lipinski definition) is 1. The van der Waals surface area contributed by atoms with Crippen molar-refractivity contribution in [3.8, 4) is 16.9 Å². The third kappa shape index (κ3) is 4.43. The number of benzene rings is 2. The quantitative estimate of drug-likeness (QED) is 0.473. The predicted molar refractivity (Wildman–Crippen MR) is 128 cm³/mol. The zero-order valence-corrected chi connectivity index (χ0v) is 19.4. The number of hydrogen-bond acceptors (Lipinski definition) is 5. The summed E-state index contributed by atoms with van der Waals surface area (Å²) in [7, 11) is 0. The van der Waals surface area contributed by atoms with Gasteiger partial charge in [0.05, 0.1) is 17.8 Å². The number of aromatic nitrogens is 3. The number of fused-ring (bicyclic) bond motifs is 1. The van der Waals surface area contributed by atoms with E-state index >= 15 is 0 Å². The number of carbonyl (C=O) groups excluding carboxylic acids is 1. The van der Waals surface area contributed by atoms with Crippen LogP contribution in [0.4, 0.5) is 13.9 Å². The highest BCUT2D eigenvalue weighted by Gasteiger charge is 2.23. The molecule has 2 aromatic carbocycles. The summed E-state index contributed by atoms with van der Waals surface area (Å²) in [5, 5.41) is 0.565. The van der Waals surface area contributed by atoms with Crippen LogP contribution in [0.2, 0.25) is 0 Å². The fourth-order valence-electron chi connectivity index (χ4n) is 4.19. The monoisotopic (exact) mass is 479 g/mol. The predicted octanol–water partition coefficient (Wildman–Crippen LogP) is 4.33. The number of amides is 1. The highest BCUT2D eigenvalue weighted by atomic mass is 32.1. The number of aryl methyl sites for hydroxylation is 1. The number of carbonyl (C=O) groups is 1. The van der Waals surface area contributed by atoms with Crippen LogP contribution in [-0.2, 0) is 24.1 Å². The van der Waals surface area contributed by atoms with Gasteiger partial charge in [0, 0.05) is 48.3 Å². The maximum Gasteiger partial charge on any atom is 0.230 e. The molecule has 0 saturated carbocycles. The molecule has 0 atom stereocenters. The van der Waals surface area contributed by atoms with Gasteiger partial charge < -0.3 is 15.2 Å². The minimum Gasteiger partial charge on any atom is -0.375 e. The van der Waals surface area contributed by atoms with E-state index in [1.165, 1.54) is 29.5 Å². The van der Waals surface area contributed by atoms with E-state index in [1.54, 1.807) is 42.0 Å². The average Bonchev–Trinajstić information content (AvgIpc) is 3.33. The van der Waals surface area contributed by atoms with Gasteiger partial charge in [0.25, 0.3) is 0 Å². The van der Waals surface area contributed by atoms with Crippen LogP contribution in [0.25, 0.3) is 16.9 Å². The van der Waals surface area contributed by atoms with Crippen molar-refractivity contribution >= 4 is 22.4 Å². The van der Waals surface area contributed by atoms with Crippen LogP contribution in [0.15, 0.2) is 48.7 Å². The van der Waals surface area contributed by atoms with Crippen molar-refractivity contribution in [2.24, 2.45) is 0 Å². The summed E-state index contributed by atoms with van der Waals surface area (Å²) in [6.45, 7) is 2.85. The van der Waals surface area contributed by atoms with Gasteiger partial charge in [0.1, 0.15) is 17.5 Å². The number of nitrogens with two attached hydrogens (primary N) is 1. The maximum atomic E-state index is 13.8. The molecule has 34 heavy (non-hydrogen) atoms. The molecule has 1 amide bonds. The van der Waals surface area contributed by atoms with Gasteiger partial charge in [0.2, 0.25) is 5.91 Å². The van der Waals surface area contributed by atoms with Crippen LogP contribution in [0.1, 0.15) is 22.0 Å². The summed E-state index contributed by atoms with van der Waals surface area (Å²) in [5.41, 5.74) is 9.37. The molecule has 4 aromatic rings. The first-order chi connectivity index (χ1) is 16.4. The largest absolute Gasteiger partial charge is 0.375 e. The number of anilines is 1. The molecule has 2 aromatic heterocycles. The van der Waals surface area contributed by atoms with Crippen LogP contribution in [-0.4, -0.2) is 38.4 Å². The summed E-state index contributed by atoms with van der Waals surface area (Å²) >= 11 is 1.48. The molecule has 1 aliphatic rings. The number of thiazole rings is 1. The lowest BCUT2D eigenvalue weighted by atomic mass is 10.1. The second-order valence-electron chi connectivity index (χ2n) is 8.33. The first-order valence-corrected chi connectivity index (χ1v) is 11.8. The summed E-state index contributed by atoms with van der Waals surface area (Å²) in [5.74, 6) is -0.140. The molecule has 0 spiro atoms. The third-order valence-corrected chi connectivity index (χ3v) is 7.01. The first kappa shape index (κ1) is 22.2. The van der Waals surface area contributed by atoms with Gasteiger partial charge in [0.15, 0.2) is 5.13 Å². The van der Waals surface area contributed by atoms with E-state index in [-0.39, 0.29) is 24.0 Å². The minimum absolute atomic E-state index is 0.0427. The van der Waals surface area contributed by atoms with Gasteiger partial charge in [-0.05, 0) is 55.0 Å². The van der Waals surface area contributed by atoms with Crippen LogP contribution in [0.5, 0.6) is 0 Å². The van der Waals surface area contributed by atoms with E-state index in [9.17, 15) is 13.6 Å². The molecule has 0 radical (unpaired) electrons. The second-order valence-corrected chi connectivity index (χ2v) is 9.45. The second kappa shape index (κ2) is 8.98. The summed E-state index contributed by atoms with van der Waals surface area (Å²) in [4.78, 5) is 25.3. The molecule has 3 heterocycles. The van der Waals surface area contributed by atoms with Crippen LogP contribution in [0.3, 0.4) is 0 Å². The van der Waals surface area contributed by atoms with E-state index in [4.69, 9.17) is 10.7 Å². The van der Waals surface area contributed by atoms with Gasteiger partial charge in [-0.3, -0.25) is 4.79 Å². The smallest absolute Gasteiger partial charge is 0.230 e. The number of halogens is 2. The standard InChI is InChI=1S/C25H23F2N5OS/c1-15-12-16(2-7-19(15)27)21-14-32(18-5-3-17(26)4-6-18)23(29-21)13-24(33)31-10-8-20-22(9-11-31)34-25(28)30-20/h2-7,12,14H,8-11,13H2,1H3,(H2,28,30). The Morgan fingerprint density at radius 2 is 1.85 bits per heavy atom. The lowest BCUT2D eigenvalue weighted by Crippen LogP contribution is -2.35. The molecule has 0 bridgehead atoms. The van der Waals surface area contributed by atoms with E-state index in [1.807, 2.05) is 4.90 Å². The fraction of sp³-hybridized carbons (Fsp3) is 0.240. The number of rotatable bonds is 4. The van der Waals surface area contributed by atoms with E-state index in [0.717, 1.165) is 22.6 Å². The van der Waals surface area contributed by atoms with E-state index < -0.39 is 0 Å². The lowest BCUT2D eigenvalue weighted by Gasteiger charge is -2.20. The molecule has 0 fully saturated rings. The molecule has 2 N–H and O–H groups in total. The Morgan fingerprint density at radius 1 is 1.09 bits per heavy atom. The molecule has 174 valence electrons. The molecule has 1 aliphatic heterocycles. The lowest BCUT2D eigenvalue weighted by molar-refractivity contribution is -0.130. The van der Waals surface area contributed by atoms with Crippen molar-refractivity contribution in [2.45, 2.75) is 26.2 Å². The fourth-order valence-corrected chi connectivity index (χ4v) is 5.06. The topological polar surface area (TPSA) is 77.0 Å². The summed E-state index contributed by atoms with van der Waals surface area (Å²) in [6.07, 6.45) is 3.28. The van der Waals surface area contributed by atoms with Gasteiger partial charge in [-0.15, -0.1) is 11.3 Å². The zero-order chi connectivity index (χ0) is 23.8. The molecule has 0 saturated heterocycles. The molecular formula is C25H23F2N5OS. The van der Waals surface area contributed by atoms with Crippen LogP contribution in [0, 0.1) is 18.6 Å². The van der Waals surface area contributed by atoms with Gasteiger partial charge in [-0.1, -0.05) is 0 Å². The van der Waals surface area contributed by atoms with Crippen molar-refractivity contribution < 1.29 is 13.6 Å². The van der Waals surface area contributed by atoms with Crippen molar-refractivity contribution in [3.05, 3.63) is 82.3 Å². The Balaban J connectivity index is 1.44. The van der Waals surface area contributed by atoms with E-state index in [0.29, 0.717) is 47.4 Å². The Morgan fingerprint density at radius 3 is 2.62 bits per heavy atom. The normalized spacial score (nSPS) is 13.6. The van der Waals surface area contributed by atoms with Crippen molar-refractivity contribution in [1.29, 1.82) is 0 Å². The van der Waals surface area contributed by atoms with Gasteiger partial charge >= 0.3 is 0 Å². The van der Waals surface area contributed by atoms with Gasteiger partial charge in [-0.2, -0.15) is 0 Å². The summed E-state index contributed by atoms with van der Waals surface area (Å²) in [6, 6.07) is 10.8. The number of imidazole rings is 1. The van der Waals surface area contributed by atoms with Crippen molar-refractivity contribution in [3.63, 3.8) is 0 Å². The number of nitrogens with zero attached hydrogens (tertiary/aromatic N) is 4. The highest BCUT2D eigenvalue weighted by molar-refractivity contribution is 7.15. The Labute approximate surface area is 199 Å². The molecular weight excluding hydrogens is 456 g/mol. The Bertz CT molecular complexity index is 1340. The van der Waals surface area contributed by atoms with Crippen molar-refractivity contribution in [1.82, 2.24) is 19.4 Å². The molecule has 6 nitrogen and oxygen atoms in total. The molecule has 5 rings (SSSR count). The average molecular weight is 480 g/mol. The van der Waals surface area contributed by atoms with Crippen LogP contribution >= 0.6 is 11.3 Å². The van der Waals surface area contributed by atoms with Gasteiger partial charge in [-0.25, -0.2) is 18.7 Å². The maximum absolute atomic E-state index is 13.8. The Hall–Kier alpha value is -3.59. The van der Waals surface area contributed by atoms with Crippen molar-refractivity contribution in [2.75, 3.05) is 18.8 Å². The third-order valence-electron chi connectivity index (χ3n) is 6.02.